The number of carbonyl (C=O) groups is 3. The molecule has 0 radical (unpaired) electrons. The number of ketones is 1. The molecule has 0 aromatic rings. The van der Waals surface area contributed by atoms with Crippen molar-refractivity contribution in [2.45, 2.75) is 38.3 Å². The van der Waals surface area contributed by atoms with Crippen LogP contribution in [-0.2, 0) is 19.1 Å². The van der Waals surface area contributed by atoms with E-state index in [1.54, 1.807) is 4.90 Å². The highest BCUT2D eigenvalue weighted by atomic mass is 16.5. The van der Waals surface area contributed by atoms with Gasteiger partial charge < -0.3 is 9.64 Å². The van der Waals surface area contributed by atoms with Gasteiger partial charge in [0.05, 0.1) is 6.04 Å². The Kier molecular flexibility index (Phi) is 3.49. The maximum Gasteiger partial charge on any atom is 0.331 e. The van der Waals surface area contributed by atoms with Crippen LogP contribution in [0.25, 0.3) is 0 Å². The van der Waals surface area contributed by atoms with E-state index in [2.05, 4.69) is 0 Å². The molecule has 110 valence electrons. The Labute approximate surface area is 122 Å². The molecule has 2 atom stereocenters. The van der Waals surface area contributed by atoms with E-state index >= 15 is 0 Å². The van der Waals surface area contributed by atoms with Crippen molar-refractivity contribution in [3.8, 4) is 0 Å². The highest BCUT2D eigenvalue weighted by Crippen LogP contribution is 2.30. The molecule has 1 amide bonds. The maximum absolute atomic E-state index is 12.5. The van der Waals surface area contributed by atoms with Crippen molar-refractivity contribution in [2.24, 2.45) is 0 Å². The lowest BCUT2D eigenvalue weighted by atomic mass is 9.92. The second-order valence-corrected chi connectivity index (χ2v) is 5.61. The first-order valence-electron chi connectivity index (χ1n) is 7.17. The minimum absolute atomic E-state index is 0.0807. The van der Waals surface area contributed by atoms with Gasteiger partial charge in [-0.15, -0.1) is 0 Å². The molecule has 1 fully saturated rings. The fourth-order valence-electron chi connectivity index (χ4n) is 3.09. The number of hydrogen-bond donors (Lipinski definition) is 0. The lowest BCUT2D eigenvalue weighted by molar-refractivity contribution is -0.139. The Morgan fingerprint density at radius 1 is 1.43 bits per heavy atom. The van der Waals surface area contributed by atoms with Crippen LogP contribution in [0, 0.1) is 0 Å². The molecule has 0 bridgehead atoms. The molecule has 2 heterocycles. The Hall–Kier alpha value is -2.17. The third kappa shape index (κ3) is 2.68. The normalized spacial score (nSPS) is 30.2. The smallest absolute Gasteiger partial charge is 0.331 e. The van der Waals surface area contributed by atoms with Crippen LogP contribution in [0.5, 0.6) is 0 Å². The van der Waals surface area contributed by atoms with Gasteiger partial charge in [0.1, 0.15) is 6.10 Å². The molecular formula is C16H17NO4. The molecule has 0 saturated carbocycles. The molecule has 2 aliphatic heterocycles. The number of piperidine rings is 1. The molecule has 0 unspecified atom stereocenters. The number of carbonyl (C=O) groups excluding carboxylic acids is 3. The topological polar surface area (TPSA) is 63.7 Å². The standard InChI is InChI=1S/C16H17NO4/c1-10(18)7-12-3-2-6-17(16(12)20)13-5-4-11-8-15(19)21-14(11)9-13/h4-5,7-8,13-14H,2-3,6,9H2,1H3/b12-7+/t13-,14-/m1/s1. The first-order valence-corrected chi connectivity index (χ1v) is 7.17. The van der Waals surface area contributed by atoms with E-state index in [4.69, 9.17) is 4.74 Å². The lowest BCUT2D eigenvalue weighted by Crippen LogP contribution is -2.46. The monoisotopic (exact) mass is 287 g/mol. The van der Waals surface area contributed by atoms with Crippen molar-refractivity contribution < 1.29 is 19.1 Å². The van der Waals surface area contributed by atoms with Crippen LogP contribution in [0.1, 0.15) is 26.2 Å². The number of nitrogens with zero attached hydrogens (tertiary/aromatic N) is 1. The number of rotatable bonds is 2. The summed E-state index contributed by atoms with van der Waals surface area (Å²) in [5, 5.41) is 0. The third-order valence-electron chi connectivity index (χ3n) is 4.04. The summed E-state index contributed by atoms with van der Waals surface area (Å²) in [6, 6.07) is -0.0822. The Balaban J connectivity index is 1.77. The molecule has 21 heavy (non-hydrogen) atoms. The largest absolute Gasteiger partial charge is 0.454 e. The second kappa shape index (κ2) is 5.31. The van der Waals surface area contributed by atoms with E-state index in [-0.39, 0.29) is 29.8 Å². The Morgan fingerprint density at radius 2 is 2.24 bits per heavy atom. The molecule has 3 aliphatic rings. The molecular weight excluding hydrogens is 270 g/mol. The van der Waals surface area contributed by atoms with Crippen molar-refractivity contribution in [1.29, 1.82) is 0 Å². The van der Waals surface area contributed by atoms with Gasteiger partial charge in [0.25, 0.3) is 0 Å². The van der Waals surface area contributed by atoms with Crippen LogP contribution in [-0.4, -0.2) is 41.3 Å². The average Bonchev–Trinajstić information content (AvgIpc) is 2.79. The van der Waals surface area contributed by atoms with Gasteiger partial charge in [-0.05, 0) is 31.4 Å². The lowest BCUT2D eigenvalue weighted by Gasteiger charge is -2.36. The highest BCUT2D eigenvalue weighted by Gasteiger charge is 2.35. The van der Waals surface area contributed by atoms with Crippen molar-refractivity contribution in [3.63, 3.8) is 0 Å². The summed E-state index contributed by atoms with van der Waals surface area (Å²) in [5.41, 5.74) is 1.45. The van der Waals surface area contributed by atoms with Crippen molar-refractivity contribution in [3.05, 3.63) is 35.5 Å². The van der Waals surface area contributed by atoms with Gasteiger partial charge >= 0.3 is 5.97 Å². The maximum atomic E-state index is 12.5. The van der Waals surface area contributed by atoms with E-state index in [1.807, 2.05) is 12.2 Å². The van der Waals surface area contributed by atoms with Gasteiger partial charge in [-0.1, -0.05) is 12.2 Å². The van der Waals surface area contributed by atoms with E-state index in [0.717, 1.165) is 12.0 Å². The molecule has 5 nitrogen and oxygen atoms in total. The van der Waals surface area contributed by atoms with Crippen LogP contribution < -0.4 is 0 Å². The van der Waals surface area contributed by atoms with E-state index in [0.29, 0.717) is 25.0 Å². The summed E-state index contributed by atoms with van der Waals surface area (Å²) >= 11 is 0. The SMILES string of the molecule is CC(=O)/C=C1\CCCN([C@@H]2C=CC3=CC(=O)O[C@@H]3C2)C1=O. The molecule has 1 saturated heterocycles. The predicted octanol–water partition coefficient (Wildman–Crippen LogP) is 1.30. The fourth-order valence-corrected chi connectivity index (χ4v) is 3.09. The summed E-state index contributed by atoms with van der Waals surface area (Å²) < 4.78 is 5.22. The minimum Gasteiger partial charge on any atom is -0.454 e. The molecule has 0 aromatic heterocycles. The zero-order chi connectivity index (χ0) is 15.0. The fraction of sp³-hybridized carbons (Fsp3) is 0.438. The molecule has 3 rings (SSSR count). The van der Waals surface area contributed by atoms with E-state index < -0.39 is 0 Å². The van der Waals surface area contributed by atoms with Crippen LogP contribution >= 0.6 is 0 Å². The minimum atomic E-state index is -0.317. The first-order chi connectivity index (χ1) is 10.0. The van der Waals surface area contributed by atoms with Crippen LogP contribution in [0.4, 0.5) is 0 Å². The highest BCUT2D eigenvalue weighted by molar-refractivity contribution is 6.01. The van der Waals surface area contributed by atoms with Gasteiger partial charge in [-0.2, -0.15) is 0 Å². The van der Waals surface area contributed by atoms with Crippen molar-refractivity contribution in [1.82, 2.24) is 4.90 Å². The summed E-state index contributed by atoms with van der Waals surface area (Å²) in [6.45, 7) is 2.12. The number of ether oxygens (including phenoxy) is 1. The Bertz CT molecular complexity index is 599. The number of likely N-dealkylation sites (tertiary alicyclic amines) is 1. The average molecular weight is 287 g/mol. The van der Waals surface area contributed by atoms with E-state index in [9.17, 15) is 14.4 Å². The van der Waals surface area contributed by atoms with Crippen LogP contribution in [0.2, 0.25) is 0 Å². The number of hydrogen-bond acceptors (Lipinski definition) is 4. The second-order valence-electron chi connectivity index (χ2n) is 5.61. The first kappa shape index (κ1) is 13.8. The number of amides is 1. The molecule has 0 N–H and O–H groups in total. The quantitative estimate of drug-likeness (QED) is 0.567. The summed E-state index contributed by atoms with van der Waals surface area (Å²) in [6.07, 6.45) is 8.57. The molecule has 5 heteroatoms. The number of allylic oxidation sites excluding steroid dienone is 1. The number of fused-ring (bicyclic) bond motifs is 1. The molecule has 0 aromatic carbocycles. The van der Waals surface area contributed by atoms with Crippen LogP contribution in [0.15, 0.2) is 35.5 Å². The summed E-state index contributed by atoms with van der Waals surface area (Å²) in [7, 11) is 0. The zero-order valence-corrected chi connectivity index (χ0v) is 11.9. The van der Waals surface area contributed by atoms with Gasteiger partial charge in [0.2, 0.25) is 5.91 Å². The van der Waals surface area contributed by atoms with E-state index in [1.165, 1.54) is 19.1 Å². The van der Waals surface area contributed by atoms with Crippen molar-refractivity contribution in [2.75, 3.05) is 6.54 Å². The van der Waals surface area contributed by atoms with Gasteiger partial charge in [0.15, 0.2) is 5.78 Å². The predicted molar refractivity (Wildman–Crippen MR) is 75.2 cm³/mol. The van der Waals surface area contributed by atoms with Crippen molar-refractivity contribution >= 4 is 17.7 Å². The summed E-state index contributed by atoms with van der Waals surface area (Å²) in [5.74, 6) is -0.500. The number of esters is 1. The third-order valence-corrected chi connectivity index (χ3v) is 4.04. The molecule has 0 spiro atoms. The molecule has 1 aliphatic carbocycles. The van der Waals surface area contributed by atoms with Gasteiger partial charge in [-0.3, -0.25) is 9.59 Å². The summed E-state index contributed by atoms with van der Waals surface area (Å²) in [4.78, 5) is 36.7. The van der Waals surface area contributed by atoms with Gasteiger partial charge in [0, 0.05) is 24.6 Å². The van der Waals surface area contributed by atoms with Crippen LogP contribution in [0.3, 0.4) is 0 Å². The Morgan fingerprint density at radius 3 is 3.00 bits per heavy atom. The van der Waals surface area contributed by atoms with Gasteiger partial charge in [-0.25, -0.2) is 4.79 Å². The zero-order valence-electron chi connectivity index (χ0n) is 11.9.